The van der Waals surface area contributed by atoms with Gasteiger partial charge >= 0.3 is 0 Å². The predicted octanol–water partition coefficient (Wildman–Crippen LogP) is 2.09. The molecule has 4 nitrogen and oxygen atoms in total. The van der Waals surface area contributed by atoms with E-state index >= 15 is 0 Å². The molecule has 0 aromatic carbocycles. The van der Waals surface area contributed by atoms with Crippen molar-refractivity contribution in [2.24, 2.45) is 17.3 Å². The summed E-state index contributed by atoms with van der Waals surface area (Å²) in [6.07, 6.45) is 5.32. The summed E-state index contributed by atoms with van der Waals surface area (Å²) in [5.41, 5.74) is -1.43. The van der Waals surface area contributed by atoms with Gasteiger partial charge in [0, 0.05) is 44.1 Å². The van der Waals surface area contributed by atoms with Crippen LogP contribution in [0.25, 0.3) is 0 Å². The van der Waals surface area contributed by atoms with Gasteiger partial charge in [0.2, 0.25) is 0 Å². The smallest absolute Gasteiger partial charge is 0.260 e. The van der Waals surface area contributed by atoms with E-state index < -0.39 is 5.67 Å². The van der Waals surface area contributed by atoms with E-state index in [1.165, 1.54) is 12.8 Å². The van der Waals surface area contributed by atoms with Crippen molar-refractivity contribution in [1.29, 1.82) is 0 Å². The lowest BCUT2D eigenvalue weighted by Gasteiger charge is -2.37. The second-order valence-corrected chi connectivity index (χ2v) is 8.53. The molecule has 1 amide bonds. The summed E-state index contributed by atoms with van der Waals surface area (Å²) in [5, 5.41) is 0. The van der Waals surface area contributed by atoms with E-state index in [4.69, 9.17) is 4.74 Å². The lowest BCUT2D eigenvalue weighted by Crippen LogP contribution is -2.50. The van der Waals surface area contributed by atoms with Gasteiger partial charge in [-0.25, -0.2) is 4.39 Å². The fraction of sp³-hybridized carbons (Fsp3) is 0.944. The lowest BCUT2D eigenvalue weighted by molar-refractivity contribution is -0.149. The van der Waals surface area contributed by atoms with Gasteiger partial charge in [-0.3, -0.25) is 4.79 Å². The van der Waals surface area contributed by atoms with Crippen molar-refractivity contribution in [3.05, 3.63) is 0 Å². The van der Waals surface area contributed by atoms with Gasteiger partial charge in [-0.05, 0) is 51.5 Å². The van der Waals surface area contributed by atoms with Gasteiger partial charge in [-0.15, -0.1) is 0 Å². The molecule has 5 heteroatoms. The molecule has 4 rings (SSSR count). The highest BCUT2D eigenvalue weighted by Gasteiger charge is 2.54. The van der Waals surface area contributed by atoms with Gasteiger partial charge in [0.25, 0.3) is 5.91 Å². The molecule has 4 fully saturated rings. The Labute approximate surface area is 138 Å². The first-order chi connectivity index (χ1) is 11.0. The zero-order chi connectivity index (χ0) is 16.1. The molecule has 1 spiro atoms. The summed E-state index contributed by atoms with van der Waals surface area (Å²) < 4.78 is 20.4. The van der Waals surface area contributed by atoms with E-state index in [-0.39, 0.29) is 11.3 Å². The van der Waals surface area contributed by atoms with Crippen molar-refractivity contribution in [2.45, 2.75) is 44.2 Å². The van der Waals surface area contributed by atoms with E-state index in [0.717, 1.165) is 58.2 Å². The summed E-state index contributed by atoms with van der Waals surface area (Å²) in [6.45, 7) is 5.17. The van der Waals surface area contributed by atoms with E-state index in [0.29, 0.717) is 18.8 Å². The number of hydrogen-bond donors (Lipinski definition) is 0. The molecular weight excluding hydrogens is 295 g/mol. The number of hydrogen-bond acceptors (Lipinski definition) is 3. The number of likely N-dealkylation sites (tertiary alicyclic amines) is 2. The van der Waals surface area contributed by atoms with Gasteiger partial charge in [0.1, 0.15) is 0 Å². The Morgan fingerprint density at radius 3 is 2.65 bits per heavy atom. The predicted molar refractivity (Wildman–Crippen MR) is 85.9 cm³/mol. The average molecular weight is 324 g/mol. The first kappa shape index (κ1) is 15.8. The van der Waals surface area contributed by atoms with E-state index in [2.05, 4.69) is 11.9 Å². The van der Waals surface area contributed by atoms with Crippen LogP contribution in [0.3, 0.4) is 0 Å². The Morgan fingerprint density at radius 1 is 1.22 bits per heavy atom. The summed E-state index contributed by atoms with van der Waals surface area (Å²) in [4.78, 5) is 16.7. The van der Waals surface area contributed by atoms with Crippen LogP contribution in [0, 0.1) is 17.3 Å². The minimum atomic E-state index is -1.55. The number of halogens is 1. The molecular formula is C18H29FN2O2. The largest absolute Gasteiger partial charge is 0.381 e. The number of carbonyl (C=O) groups is 1. The maximum Gasteiger partial charge on any atom is 0.260 e. The summed E-state index contributed by atoms with van der Waals surface area (Å²) in [6, 6.07) is 0. The standard InChI is InChI=1S/C18H29FN2O2/c1-20-9-15(11-23-10-14-3-4-14)17(12-20)7-8-21(13-17)16(22)18(19)5-2-6-18/h14-15H,2-13H2,1H3/t15-,17+/m0/s1. The number of rotatable bonds is 5. The molecule has 130 valence electrons. The maximum atomic E-state index is 14.5. The Morgan fingerprint density at radius 2 is 2.00 bits per heavy atom. The van der Waals surface area contributed by atoms with Gasteiger partial charge in [0.05, 0.1) is 6.61 Å². The monoisotopic (exact) mass is 324 g/mol. The fourth-order valence-corrected chi connectivity index (χ4v) is 4.71. The van der Waals surface area contributed by atoms with Crippen LogP contribution in [0.1, 0.15) is 38.5 Å². The molecule has 0 N–H and O–H groups in total. The minimum absolute atomic E-state index is 0.119. The minimum Gasteiger partial charge on any atom is -0.381 e. The summed E-state index contributed by atoms with van der Waals surface area (Å²) in [5.74, 6) is 1.02. The van der Waals surface area contributed by atoms with Crippen LogP contribution in [0.5, 0.6) is 0 Å². The Balaban J connectivity index is 1.38. The van der Waals surface area contributed by atoms with Crippen molar-refractivity contribution in [2.75, 3.05) is 46.4 Å². The molecule has 0 unspecified atom stereocenters. The lowest BCUT2D eigenvalue weighted by atomic mass is 9.77. The normalized spacial score (nSPS) is 36.6. The quantitative estimate of drug-likeness (QED) is 0.776. The van der Waals surface area contributed by atoms with Crippen LogP contribution in [0.2, 0.25) is 0 Å². The second-order valence-electron chi connectivity index (χ2n) is 8.53. The average Bonchev–Trinajstić information content (AvgIpc) is 3.14. The third kappa shape index (κ3) is 2.91. The highest BCUT2D eigenvalue weighted by atomic mass is 19.1. The number of alkyl halides is 1. The van der Waals surface area contributed by atoms with Gasteiger partial charge in [0.15, 0.2) is 5.67 Å². The third-order valence-corrected chi connectivity index (χ3v) is 6.55. The van der Waals surface area contributed by atoms with Crippen molar-refractivity contribution < 1.29 is 13.9 Å². The van der Waals surface area contributed by atoms with E-state index in [1.54, 1.807) is 0 Å². The van der Waals surface area contributed by atoms with Gasteiger partial charge < -0.3 is 14.5 Å². The van der Waals surface area contributed by atoms with Crippen LogP contribution in [0.4, 0.5) is 4.39 Å². The molecule has 2 aliphatic carbocycles. The number of ether oxygens (including phenoxy) is 1. The van der Waals surface area contributed by atoms with Gasteiger partial charge in [-0.1, -0.05) is 0 Å². The highest BCUT2D eigenvalue weighted by molar-refractivity contribution is 5.86. The van der Waals surface area contributed by atoms with Crippen LogP contribution in [-0.2, 0) is 9.53 Å². The third-order valence-electron chi connectivity index (χ3n) is 6.55. The summed E-state index contributed by atoms with van der Waals surface area (Å²) in [7, 11) is 2.15. The Bertz CT molecular complexity index is 478. The van der Waals surface area contributed by atoms with E-state index in [9.17, 15) is 9.18 Å². The van der Waals surface area contributed by atoms with Crippen molar-refractivity contribution in [3.63, 3.8) is 0 Å². The molecule has 0 radical (unpaired) electrons. The van der Waals surface area contributed by atoms with Gasteiger partial charge in [-0.2, -0.15) is 0 Å². The second kappa shape index (κ2) is 5.69. The Hall–Kier alpha value is -0.680. The zero-order valence-electron chi connectivity index (χ0n) is 14.2. The SMILES string of the molecule is CN1C[C@@H](COCC2CC2)[C@]2(CCN(C(=O)C3(F)CCC3)C2)C1. The zero-order valence-corrected chi connectivity index (χ0v) is 14.2. The highest BCUT2D eigenvalue weighted by Crippen LogP contribution is 2.46. The molecule has 0 bridgehead atoms. The topological polar surface area (TPSA) is 32.8 Å². The van der Waals surface area contributed by atoms with Crippen LogP contribution >= 0.6 is 0 Å². The molecule has 0 aromatic heterocycles. The Kier molecular flexibility index (Phi) is 3.92. The first-order valence-electron chi connectivity index (χ1n) is 9.25. The molecule has 2 saturated carbocycles. The number of amides is 1. The van der Waals surface area contributed by atoms with Crippen LogP contribution in [-0.4, -0.2) is 67.8 Å². The number of nitrogens with zero attached hydrogens (tertiary/aromatic N) is 2. The first-order valence-corrected chi connectivity index (χ1v) is 9.25. The molecule has 2 atom stereocenters. The van der Waals surface area contributed by atoms with Crippen molar-refractivity contribution >= 4 is 5.91 Å². The molecule has 4 aliphatic rings. The molecule has 2 saturated heterocycles. The number of carbonyl (C=O) groups excluding carboxylic acids is 1. The molecule has 2 aliphatic heterocycles. The van der Waals surface area contributed by atoms with Crippen molar-refractivity contribution in [3.8, 4) is 0 Å². The molecule has 23 heavy (non-hydrogen) atoms. The maximum absolute atomic E-state index is 14.5. The molecule has 0 aromatic rings. The van der Waals surface area contributed by atoms with Crippen molar-refractivity contribution in [1.82, 2.24) is 9.80 Å². The van der Waals surface area contributed by atoms with E-state index in [1.807, 2.05) is 4.90 Å². The summed E-state index contributed by atoms with van der Waals surface area (Å²) >= 11 is 0. The molecule has 2 heterocycles. The van der Waals surface area contributed by atoms with Crippen LogP contribution in [0.15, 0.2) is 0 Å². The fourth-order valence-electron chi connectivity index (χ4n) is 4.71. The van der Waals surface area contributed by atoms with Crippen LogP contribution < -0.4 is 0 Å².